The number of nitrogens with zero attached hydrogens (tertiary/aromatic N) is 2. The second-order valence-corrected chi connectivity index (χ2v) is 6.81. The van der Waals surface area contributed by atoms with E-state index in [9.17, 15) is 13.2 Å². The lowest BCUT2D eigenvalue weighted by Crippen LogP contribution is -2.36. The summed E-state index contributed by atoms with van der Waals surface area (Å²) in [5.41, 5.74) is 0.112. The van der Waals surface area contributed by atoms with Crippen LogP contribution < -0.4 is 0 Å². The van der Waals surface area contributed by atoms with Crippen LogP contribution in [0.2, 0.25) is 0 Å². The van der Waals surface area contributed by atoms with Gasteiger partial charge in [-0.15, -0.1) is 0 Å². The molecule has 0 amide bonds. The average Bonchev–Trinajstić information content (AvgIpc) is 2.94. The van der Waals surface area contributed by atoms with Gasteiger partial charge in [-0.1, -0.05) is 12.1 Å². The molecular weight excluding hydrogens is 292 g/mol. The largest absolute Gasteiger partial charge is 0.481 e. The normalized spacial score (nSPS) is 19.3. The molecule has 1 fully saturated rings. The Hall–Kier alpha value is -1.91. The quantitative estimate of drug-likeness (QED) is 0.890. The summed E-state index contributed by atoms with van der Waals surface area (Å²) in [4.78, 5) is 10.7. The first-order chi connectivity index (χ1) is 9.96. The first kappa shape index (κ1) is 15.5. The van der Waals surface area contributed by atoms with Gasteiger partial charge in [0.05, 0.1) is 10.5 Å². The maximum atomic E-state index is 12.7. The number of hydrogen-bond acceptors (Lipinski definition) is 4. The molecule has 21 heavy (non-hydrogen) atoms. The van der Waals surface area contributed by atoms with Gasteiger partial charge < -0.3 is 5.11 Å². The molecule has 6 nitrogen and oxygen atoms in total. The summed E-state index contributed by atoms with van der Waals surface area (Å²) >= 11 is 0. The topological polar surface area (TPSA) is 98.5 Å². The molecule has 1 aromatic carbocycles. The van der Waals surface area contributed by atoms with Crippen molar-refractivity contribution >= 4 is 16.0 Å². The van der Waals surface area contributed by atoms with Crippen LogP contribution in [-0.4, -0.2) is 36.4 Å². The fraction of sp³-hybridized carbons (Fsp3) is 0.429. The molecule has 1 saturated heterocycles. The molecule has 0 saturated carbocycles. The van der Waals surface area contributed by atoms with Crippen LogP contribution >= 0.6 is 0 Å². The number of benzene rings is 1. The van der Waals surface area contributed by atoms with Crippen LogP contribution in [0.25, 0.3) is 0 Å². The highest BCUT2D eigenvalue weighted by Gasteiger charge is 2.36. The van der Waals surface area contributed by atoms with E-state index >= 15 is 0 Å². The zero-order chi connectivity index (χ0) is 15.5. The van der Waals surface area contributed by atoms with Crippen LogP contribution in [0, 0.1) is 11.3 Å². The van der Waals surface area contributed by atoms with Crippen LogP contribution in [0.3, 0.4) is 0 Å². The van der Waals surface area contributed by atoms with Crippen LogP contribution in [0.15, 0.2) is 29.2 Å². The van der Waals surface area contributed by atoms with E-state index in [-0.39, 0.29) is 22.9 Å². The van der Waals surface area contributed by atoms with Gasteiger partial charge in [0.15, 0.2) is 0 Å². The number of carboxylic acid groups (broad SMARTS) is 1. The maximum absolute atomic E-state index is 12.7. The molecule has 1 aromatic rings. The lowest BCUT2D eigenvalue weighted by atomic mass is 10.1. The molecule has 0 aliphatic carbocycles. The van der Waals surface area contributed by atoms with Gasteiger partial charge in [-0.2, -0.15) is 9.57 Å². The lowest BCUT2D eigenvalue weighted by molar-refractivity contribution is -0.137. The SMILES string of the molecule is N#Cc1ccccc1S(=O)(=O)N1CCCC1CCC(=O)O. The van der Waals surface area contributed by atoms with Crippen molar-refractivity contribution in [1.29, 1.82) is 5.26 Å². The lowest BCUT2D eigenvalue weighted by Gasteiger charge is -2.24. The van der Waals surface area contributed by atoms with Gasteiger partial charge in [-0.05, 0) is 31.4 Å². The van der Waals surface area contributed by atoms with E-state index in [1.165, 1.54) is 16.4 Å². The Balaban J connectivity index is 2.30. The predicted molar refractivity (Wildman–Crippen MR) is 74.9 cm³/mol. The van der Waals surface area contributed by atoms with E-state index in [2.05, 4.69) is 0 Å². The van der Waals surface area contributed by atoms with Crippen LogP contribution in [0.5, 0.6) is 0 Å². The Morgan fingerprint density at radius 3 is 2.81 bits per heavy atom. The number of aliphatic carboxylic acids is 1. The minimum absolute atomic E-state index is 0.00488. The van der Waals surface area contributed by atoms with Gasteiger partial charge in [0, 0.05) is 19.0 Å². The van der Waals surface area contributed by atoms with Gasteiger partial charge in [0.25, 0.3) is 0 Å². The molecule has 2 rings (SSSR count). The first-order valence-electron chi connectivity index (χ1n) is 6.69. The summed E-state index contributed by atoms with van der Waals surface area (Å²) in [6, 6.07) is 7.66. The summed E-state index contributed by atoms with van der Waals surface area (Å²) < 4.78 is 26.7. The minimum atomic E-state index is -3.76. The Kier molecular flexibility index (Phi) is 4.60. The fourth-order valence-corrected chi connectivity index (χ4v) is 4.48. The second kappa shape index (κ2) is 6.24. The summed E-state index contributed by atoms with van der Waals surface area (Å²) in [6.07, 6.45) is 1.60. The maximum Gasteiger partial charge on any atom is 0.303 e. The highest BCUT2D eigenvalue weighted by atomic mass is 32.2. The third kappa shape index (κ3) is 3.23. The molecule has 1 unspecified atom stereocenters. The zero-order valence-electron chi connectivity index (χ0n) is 11.4. The highest BCUT2D eigenvalue weighted by molar-refractivity contribution is 7.89. The summed E-state index contributed by atoms with van der Waals surface area (Å²) in [6.45, 7) is 0.367. The molecule has 0 radical (unpaired) electrons. The van der Waals surface area contributed by atoms with Crippen molar-refractivity contribution in [3.63, 3.8) is 0 Å². The van der Waals surface area contributed by atoms with Crippen LogP contribution in [0.1, 0.15) is 31.2 Å². The Bertz CT molecular complexity index is 678. The molecule has 1 heterocycles. The summed E-state index contributed by atoms with van der Waals surface area (Å²) in [7, 11) is -3.76. The van der Waals surface area contributed by atoms with E-state index in [1.807, 2.05) is 6.07 Å². The van der Waals surface area contributed by atoms with Gasteiger partial charge in [-0.3, -0.25) is 4.79 Å². The summed E-state index contributed by atoms with van der Waals surface area (Å²) in [5.74, 6) is -0.934. The van der Waals surface area contributed by atoms with Crippen molar-refractivity contribution in [2.45, 2.75) is 36.6 Å². The van der Waals surface area contributed by atoms with Crippen molar-refractivity contribution in [3.05, 3.63) is 29.8 Å². The third-order valence-electron chi connectivity index (χ3n) is 3.61. The van der Waals surface area contributed by atoms with Gasteiger partial charge in [-0.25, -0.2) is 8.42 Å². The van der Waals surface area contributed by atoms with E-state index in [1.54, 1.807) is 12.1 Å². The molecule has 1 N–H and O–H groups in total. The predicted octanol–water partition coefficient (Wildman–Crippen LogP) is 1.58. The number of nitriles is 1. The Morgan fingerprint density at radius 1 is 1.43 bits per heavy atom. The van der Waals surface area contributed by atoms with Crippen molar-refractivity contribution in [3.8, 4) is 6.07 Å². The standard InChI is InChI=1S/C14H16N2O4S/c15-10-11-4-1-2-6-13(11)21(19,20)16-9-3-5-12(16)7-8-14(17)18/h1-2,4,6,12H,3,5,7-9H2,(H,17,18). The molecule has 7 heteroatoms. The molecule has 1 atom stereocenters. The van der Waals surface area contributed by atoms with Crippen molar-refractivity contribution in [2.24, 2.45) is 0 Å². The van der Waals surface area contributed by atoms with Crippen molar-refractivity contribution < 1.29 is 18.3 Å². The number of hydrogen-bond donors (Lipinski definition) is 1. The first-order valence-corrected chi connectivity index (χ1v) is 8.13. The Morgan fingerprint density at radius 2 is 2.14 bits per heavy atom. The molecule has 112 valence electrons. The van der Waals surface area contributed by atoms with E-state index in [4.69, 9.17) is 10.4 Å². The monoisotopic (exact) mass is 308 g/mol. The molecule has 0 bridgehead atoms. The second-order valence-electron chi connectivity index (χ2n) is 4.95. The third-order valence-corrected chi connectivity index (χ3v) is 5.62. The van der Waals surface area contributed by atoms with Gasteiger partial charge in [0.2, 0.25) is 10.0 Å². The smallest absolute Gasteiger partial charge is 0.303 e. The van der Waals surface area contributed by atoms with Crippen molar-refractivity contribution in [1.82, 2.24) is 4.31 Å². The van der Waals surface area contributed by atoms with E-state index in [0.717, 1.165) is 0 Å². The number of carboxylic acids is 1. The van der Waals surface area contributed by atoms with E-state index < -0.39 is 16.0 Å². The van der Waals surface area contributed by atoms with E-state index in [0.29, 0.717) is 25.8 Å². The van der Waals surface area contributed by atoms with Gasteiger partial charge >= 0.3 is 5.97 Å². The van der Waals surface area contributed by atoms with Gasteiger partial charge in [0.1, 0.15) is 6.07 Å². The average molecular weight is 308 g/mol. The van der Waals surface area contributed by atoms with Crippen LogP contribution in [0.4, 0.5) is 0 Å². The molecular formula is C14H16N2O4S. The number of sulfonamides is 1. The number of carbonyl (C=O) groups is 1. The molecule has 1 aliphatic rings. The van der Waals surface area contributed by atoms with Crippen molar-refractivity contribution in [2.75, 3.05) is 6.54 Å². The molecule has 0 aromatic heterocycles. The minimum Gasteiger partial charge on any atom is -0.481 e. The number of rotatable bonds is 5. The molecule has 0 spiro atoms. The fourth-order valence-electron chi connectivity index (χ4n) is 2.61. The summed E-state index contributed by atoms with van der Waals surface area (Å²) in [5, 5.41) is 17.8. The Labute approximate surface area is 123 Å². The zero-order valence-corrected chi connectivity index (χ0v) is 12.2. The molecule has 1 aliphatic heterocycles. The van der Waals surface area contributed by atoms with Crippen LogP contribution in [-0.2, 0) is 14.8 Å². The highest BCUT2D eigenvalue weighted by Crippen LogP contribution is 2.29.